The first kappa shape index (κ1) is 14.1. The van der Waals surface area contributed by atoms with Crippen molar-refractivity contribution in [1.82, 2.24) is 4.72 Å². The highest BCUT2D eigenvalue weighted by atomic mass is 32.2. The van der Waals surface area contributed by atoms with Gasteiger partial charge in [0.25, 0.3) is 0 Å². The molecule has 0 aliphatic carbocycles. The minimum absolute atomic E-state index is 0.380. The molecule has 0 unspecified atom stereocenters. The molecular formula is C11H13NO2S4. The number of sulfonamides is 1. The smallest absolute Gasteiger partial charge is 0.210 e. The summed E-state index contributed by atoms with van der Waals surface area (Å²) < 4.78 is 26.5. The highest BCUT2D eigenvalue weighted by molar-refractivity contribution is 7.98. The van der Waals surface area contributed by atoms with Gasteiger partial charge in [0.1, 0.15) is 4.21 Å². The average molecular weight is 319 g/mol. The second-order valence-electron chi connectivity index (χ2n) is 3.46. The quantitative estimate of drug-likeness (QED) is 0.798. The van der Waals surface area contributed by atoms with Crippen LogP contribution >= 0.6 is 34.4 Å². The van der Waals surface area contributed by atoms with Crippen LogP contribution < -0.4 is 4.72 Å². The zero-order valence-corrected chi connectivity index (χ0v) is 12.8. The van der Waals surface area contributed by atoms with Crippen LogP contribution in [-0.4, -0.2) is 20.7 Å². The molecule has 3 nitrogen and oxygen atoms in total. The fourth-order valence-electron chi connectivity index (χ4n) is 1.30. The fraction of sp³-hybridized carbons (Fsp3) is 0.273. The molecule has 0 spiro atoms. The van der Waals surface area contributed by atoms with Crippen LogP contribution in [0.25, 0.3) is 0 Å². The van der Waals surface area contributed by atoms with Gasteiger partial charge in [-0.05, 0) is 22.9 Å². The first-order valence-corrected chi connectivity index (χ1v) is 9.71. The standard InChI is InChI=1S/C11H13NO2S4/c13-18(14,11-4-2-7-17-11)12-5-8-15-9-10-3-1-6-16-10/h1-4,6-7,12H,5,8-9H2. The van der Waals surface area contributed by atoms with E-state index in [4.69, 9.17) is 0 Å². The molecule has 2 heterocycles. The predicted octanol–water partition coefficient (Wildman–Crippen LogP) is 3.02. The number of thiophene rings is 2. The lowest BCUT2D eigenvalue weighted by Gasteiger charge is -2.04. The molecule has 0 aliphatic heterocycles. The van der Waals surface area contributed by atoms with E-state index in [1.54, 1.807) is 40.6 Å². The number of hydrogen-bond donors (Lipinski definition) is 1. The first-order chi connectivity index (χ1) is 8.68. The molecule has 0 fully saturated rings. The number of thioether (sulfide) groups is 1. The van der Waals surface area contributed by atoms with E-state index >= 15 is 0 Å². The molecule has 0 saturated heterocycles. The molecule has 1 N–H and O–H groups in total. The summed E-state index contributed by atoms with van der Waals surface area (Å²) in [6.45, 7) is 0.469. The third-order valence-electron chi connectivity index (χ3n) is 2.12. The van der Waals surface area contributed by atoms with Gasteiger partial charge in [-0.1, -0.05) is 12.1 Å². The third kappa shape index (κ3) is 4.10. The molecule has 0 saturated carbocycles. The summed E-state index contributed by atoms with van der Waals surface area (Å²) in [7, 11) is -3.29. The maximum absolute atomic E-state index is 11.8. The lowest BCUT2D eigenvalue weighted by molar-refractivity contribution is 0.586. The maximum Gasteiger partial charge on any atom is 0.250 e. The zero-order chi connectivity index (χ0) is 12.8. The van der Waals surface area contributed by atoms with Crippen LogP contribution in [0.15, 0.2) is 39.2 Å². The molecule has 0 amide bonds. The summed E-state index contributed by atoms with van der Waals surface area (Å²) in [5, 5.41) is 3.81. The van der Waals surface area contributed by atoms with Crippen molar-refractivity contribution in [2.75, 3.05) is 12.3 Å². The van der Waals surface area contributed by atoms with Crippen molar-refractivity contribution in [3.05, 3.63) is 39.9 Å². The van der Waals surface area contributed by atoms with Gasteiger partial charge in [0.15, 0.2) is 0 Å². The summed E-state index contributed by atoms with van der Waals surface area (Å²) in [6.07, 6.45) is 0. The number of hydrogen-bond acceptors (Lipinski definition) is 5. The van der Waals surface area contributed by atoms with Crippen LogP contribution in [0.5, 0.6) is 0 Å². The lowest BCUT2D eigenvalue weighted by atomic mass is 10.5. The van der Waals surface area contributed by atoms with Gasteiger partial charge < -0.3 is 0 Å². The van der Waals surface area contributed by atoms with Gasteiger partial charge in [-0.3, -0.25) is 0 Å². The highest BCUT2D eigenvalue weighted by Gasteiger charge is 2.13. The van der Waals surface area contributed by atoms with E-state index < -0.39 is 10.0 Å². The largest absolute Gasteiger partial charge is 0.250 e. The fourth-order valence-corrected chi connectivity index (χ4v) is 5.20. The maximum atomic E-state index is 11.8. The summed E-state index contributed by atoms with van der Waals surface area (Å²) >= 11 is 4.70. The molecule has 98 valence electrons. The second-order valence-corrected chi connectivity index (χ2v) is 8.54. The van der Waals surface area contributed by atoms with E-state index in [-0.39, 0.29) is 0 Å². The molecule has 0 aliphatic rings. The SMILES string of the molecule is O=S(=O)(NCCSCc1cccs1)c1cccs1. The predicted molar refractivity (Wildman–Crippen MR) is 80.0 cm³/mol. The Kier molecular flexibility index (Phi) is 5.25. The Morgan fingerprint density at radius 1 is 1.17 bits per heavy atom. The van der Waals surface area contributed by atoms with Gasteiger partial charge in [0.2, 0.25) is 10.0 Å². The minimum atomic E-state index is -3.29. The van der Waals surface area contributed by atoms with E-state index in [2.05, 4.69) is 16.2 Å². The van der Waals surface area contributed by atoms with Crippen molar-refractivity contribution < 1.29 is 8.42 Å². The molecule has 2 aromatic rings. The lowest BCUT2D eigenvalue weighted by Crippen LogP contribution is -2.25. The average Bonchev–Trinajstić information content (AvgIpc) is 3.02. The van der Waals surface area contributed by atoms with E-state index in [0.29, 0.717) is 10.8 Å². The van der Waals surface area contributed by atoms with Gasteiger partial charge in [0.05, 0.1) is 0 Å². The summed E-state index contributed by atoms with van der Waals surface area (Å²) in [6, 6.07) is 7.48. The Morgan fingerprint density at radius 3 is 2.61 bits per heavy atom. The topological polar surface area (TPSA) is 46.2 Å². The number of nitrogens with one attached hydrogen (secondary N) is 1. The highest BCUT2D eigenvalue weighted by Crippen LogP contribution is 2.17. The molecule has 2 rings (SSSR count). The summed E-state index contributed by atoms with van der Waals surface area (Å²) in [4.78, 5) is 1.32. The monoisotopic (exact) mass is 319 g/mol. The zero-order valence-electron chi connectivity index (χ0n) is 9.53. The summed E-state index contributed by atoms with van der Waals surface area (Å²) in [5.74, 6) is 1.72. The molecular weight excluding hydrogens is 306 g/mol. The van der Waals surface area contributed by atoms with Crippen molar-refractivity contribution in [3.63, 3.8) is 0 Å². The van der Waals surface area contributed by atoms with E-state index in [1.165, 1.54) is 16.2 Å². The summed E-state index contributed by atoms with van der Waals surface area (Å²) in [5.41, 5.74) is 0. The van der Waals surface area contributed by atoms with Crippen LogP contribution in [-0.2, 0) is 15.8 Å². The molecule has 18 heavy (non-hydrogen) atoms. The van der Waals surface area contributed by atoms with Crippen LogP contribution in [0, 0.1) is 0 Å². The Labute approximate surface area is 119 Å². The van der Waals surface area contributed by atoms with Crippen molar-refractivity contribution >= 4 is 44.5 Å². The van der Waals surface area contributed by atoms with Gasteiger partial charge in [-0.2, -0.15) is 11.8 Å². The van der Waals surface area contributed by atoms with Crippen molar-refractivity contribution in [3.8, 4) is 0 Å². The molecule has 7 heteroatoms. The van der Waals surface area contributed by atoms with Crippen LogP contribution in [0.2, 0.25) is 0 Å². The van der Waals surface area contributed by atoms with Crippen molar-refractivity contribution in [2.24, 2.45) is 0 Å². The van der Waals surface area contributed by atoms with Crippen molar-refractivity contribution in [1.29, 1.82) is 0 Å². The van der Waals surface area contributed by atoms with Gasteiger partial charge in [0, 0.05) is 22.9 Å². The Hall–Kier alpha value is -0.340. The normalized spacial score (nSPS) is 11.8. The molecule has 2 aromatic heterocycles. The molecule has 0 radical (unpaired) electrons. The minimum Gasteiger partial charge on any atom is -0.210 e. The molecule has 0 bridgehead atoms. The van der Waals surface area contributed by atoms with E-state index in [9.17, 15) is 8.42 Å². The van der Waals surface area contributed by atoms with E-state index in [0.717, 1.165) is 11.5 Å². The Morgan fingerprint density at radius 2 is 1.94 bits per heavy atom. The first-order valence-electron chi connectivity index (χ1n) is 5.32. The van der Waals surface area contributed by atoms with Gasteiger partial charge in [-0.15, -0.1) is 22.7 Å². The van der Waals surface area contributed by atoms with Gasteiger partial charge in [-0.25, -0.2) is 13.1 Å². The van der Waals surface area contributed by atoms with Crippen LogP contribution in [0.1, 0.15) is 4.88 Å². The van der Waals surface area contributed by atoms with Crippen molar-refractivity contribution in [2.45, 2.75) is 9.96 Å². The number of rotatable bonds is 7. The molecule has 0 aromatic carbocycles. The Balaban J connectivity index is 1.69. The van der Waals surface area contributed by atoms with Crippen LogP contribution in [0.4, 0.5) is 0 Å². The molecule has 0 atom stereocenters. The second kappa shape index (κ2) is 6.72. The Bertz CT molecular complexity index is 546. The van der Waals surface area contributed by atoms with Gasteiger partial charge >= 0.3 is 0 Å². The third-order valence-corrected chi connectivity index (χ3v) is 7.05. The van der Waals surface area contributed by atoms with E-state index in [1.807, 2.05) is 6.07 Å². The van der Waals surface area contributed by atoms with Crippen LogP contribution in [0.3, 0.4) is 0 Å².